The van der Waals surface area contributed by atoms with Gasteiger partial charge < -0.3 is 14.8 Å². The molecule has 1 atom stereocenters. The lowest BCUT2D eigenvalue weighted by Gasteiger charge is -2.21. The van der Waals surface area contributed by atoms with E-state index in [9.17, 15) is 10.1 Å². The van der Waals surface area contributed by atoms with Crippen LogP contribution in [0.2, 0.25) is 0 Å². The number of rotatable bonds is 4. The molecule has 1 N–H and O–H groups in total. The molecule has 0 spiro atoms. The molecule has 0 aliphatic carbocycles. The number of non-ortho nitro benzene ring substituents is 1. The lowest BCUT2D eigenvalue weighted by Crippen LogP contribution is -2.18. The maximum atomic E-state index is 11.3. The number of benzene rings is 2. The van der Waals surface area contributed by atoms with E-state index >= 15 is 0 Å². The van der Waals surface area contributed by atoms with Gasteiger partial charge >= 0.3 is 0 Å². The van der Waals surface area contributed by atoms with Crippen LogP contribution in [0, 0.1) is 10.1 Å². The number of nitrogens with zero attached hydrogens (tertiary/aromatic N) is 4. The summed E-state index contributed by atoms with van der Waals surface area (Å²) in [6, 6.07) is 9.96. The summed E-state index contributed by atoms with van der Waals surface area (Å²) < 4.78 is 12.4. The summed E-state index contributed by atoms with van der Waals surface area (Å²) in [5.74, 6) is 0.717. The second kappa shape index (κ2) is 7.84. The van der Waals surface area contributed by atoms with Gasteiger partial charge in [-0.25, -0.2) is 0 Å². The van der Waals surface area contributed by atoms with E-state index in [0.29, 0.717) is 22.2 Å². The van der Waals surface area contributed by atoms with E-state index in [0.717, 1.165) is 15.7 Å². The maximum absolute atomic E-state index is 11.3. The number of hydrogen-bond acceptors (Lipinski definition) is 9. The molecular formula is C18H14BrN5O4S. The number of ether oxygens (including phenoxy) is 2. The van der Waals surface area contributed by atoms with Gasteiger partial charge in [0.1, 0.15) is 5.75 Å². The molecule has 0 amide bonds. The SMILES string of the molecule is COc1ccc([N+](=O)[O-])cc1[C@H]1Nc2ccc(Br)cc2-c2nnc(SC)nc2O1. The van der Waals surface area contributed by atoms with Gasteiger partial charge in [0, 0.05) is 27.9 Å². The first kappa shape index (κ1) is 19.4. The quantitative estimate of drug-likeness (QED) is 0.332. The number of halogens is 1. The van der Waals surface area contributed by atoms with Crippen molar-refractivity contribution >= 4 is 39.1 Å². The molecule has 9 nitrogen and oxygen atoms in total. The average Bonchev–Trinajstić information content (AvgIpc) is 2.89. The molecule has 2 aromatic carbocycles. The van der Waals surface area contributed by atoms with Crippen LogP contribution >= 0.6 is 27.7 Å². The van der Waals surface area contributed by atoms with Crippen molar-refractivity contribution in [1.82, 2.24) is 15.2 Å². The Hall–Kier alpha value is -2.92. The minimum absolute atomic E-state index is 0.0719. The molecule has 1 aromatic heterocycles. The van der Waals surface area contributed by atoms with Crippen LogP contribution in [0.1, 0.15) is 11.8 Å². The number of nitrogens with one attached hydrogen (secondary N) is 1. The Bertz CT molecular complexity index is 1110. The first-order valence-corrected chi connectivity index (χ1v) is 10.4. The minimum Gasteiger partial charge on any atom is -0.496 e. The first-order valence-electron chi connectivity index (χ1n) is 8.34. The number of methoxy groups -OCH3 is 1. The largest absolute Gasteiger partial charge is 0.496 e. The highest BCUT2D eigenvalue weighted by atomic mass is 79.9. The Labute approximate surface area is 178 Å². The molecule has 11 heteroatoms. The summed E-state index contributed by atoms with van der Waals surface area (Å²) >= 11 is 4.80. The van der Waals surface area contributed by atoms with Crippen molar-refractivity contribution in [1.29, 1.82) is 0 Å². The van der Waals surface area contributed by atoms with E-state index < -0.39 is 11.2 Å². The second-order valence-electron chi connectivity index (χ2n) is 5.97. The lowest BCUT2D eigenvalue weighted by atomic mass is 10.1. The third-order valence-electron chi connectivity index (χ3n) is 4.28. The van der Waals surface area contributed by atoms with Crippen molar-refractivity contribution in [3.05, 3.63) is 56.5 Å². The third-order valence-corrected chi connectivity index (χ3v) is 5.31. The Morgan fingerprint density at radius 1 is 1.28 bits per heavy atom. The van der Waals surface area contributed by atoms with Gasteiger partial charge in [0.2, 0.25) is 17.3 Å². The molecule has 148 valence electrons. The Morgan fingerprint density at radius 2 is 2.10 bits per heavy atom. The number of aromatic nitrogens is 3. The number of hydrogen-bond donors (Lipinski definition) is 1. The van der Waals surface area contributed by atoms with Gasteiger partial charge in [-0.3, -0.25) is 10.1 Å². The highest BCUT2D eigenvalue weighted by Gasteiger charge is 2.29. The zero-order chi connectivity index (χ0) is 20.5. The van der Waals surface area contributed by atoms with E-state index in [1.807, 2.05) is 24.5 Å². The molecule has 4 rings (SSSR count). The van der Waals surface area contributed by atoms with Gasteiger partial charge in [-0.05, 0) is 30.5 Å². The van der Waals surface area contributed by atoms with E-state index in [4.69, 9.17) is 9.47 Å². The molecule has 0 fully saturated rings. The smallest absolute Gasteiger partial charge is 0.270 e. The van der Waals surface area contributed by atoms with E-state index in [2.05, 4.69) is 36.4 Å². The molecule has 0 saturated carbocycles. The van der Waals surface area contributed by atoms with Crippen molar-refractivity contribution in [2.24, 2.45) is 0 Å². The Balaban J connectivity index is 1.90. The fourth-order valence-corrected chi connectivity index (χ4v) is 3.60. The van der Waals surface area contributed by atoms with Crippen molar-refractivity contribution in [3.8, 4) is 22.9 Å². The van der Waals surface area contributed by atoms with E-state index in [1.54, 1.807) is 6.07 Å². The zero-order valence-electron chi connectivity index (χ0n) is 15.2. The Kier molecular flexibility index (Phi) is 5.24. The van der Waals surface area contributed by atoms with Crippen molar-refractivity contribution in [2.75, 3.05) is 18.7 Å². The highest BCUT2D eigenvalue weighted by molar-refractivity contribution is 9.10. The van der Waals surface area contributed by atoms with Gasteiger partial charge in [-0.1, -0.05) is 27.7 Å². The zero-order valence-corrected chi connectivity index (χ0v) is 17.7. The summed E-state index contributed by atoms with van der Waals surface area (Å²) in [5, 5.41) is 23.4. The van der Waals surface area contributed by atoms with Crippen LogP contribution in [0.25, 0.3) is 11.3 Å². The molecule has 2 heterocycles. The first-order chi connectivity index (χ1) is 14.0. The number of thioether (sulfide) groups is 1. The van der Waals surface area contributed by atoms with Gasteiger partial charge in [-0.2, -0.15) is 4.98 Å². The summed E-state index contributed by atoms with van der Waals surface area (Å²) in [5.41, 5.74) is 2.33. The fourth-order valence-electron chi connectivity index (χ4n) is 2.94. The summed E-state index contributed by atoms with van der Waals surface area (Å²) in [7, 11) is 1.50. The van der Waals surface area contributed by atoms with Crippen LogP contribution in [-0.4, -0.2) is 33.5 Å². The second-order valence-corrected chi connectivity index (χ2v) is 7.66. The van der Waals surface area contributed by atoms with Crippen molar-refractivity contribution in [2.45, 2.75) is 11.4 Å². The van der Waals surface area contributed by atoms with Crippen LogP contribution in [0.15, 0.2) is 46.0 Å². The third kappa shape index (κ3) is 3.70. The highest BCUT2D eigenvalue weighted by Crippen LogP contribution is 2.42. The monoisotopic (exact) mass is 475 g/mol. The van der Waals surface area contributed by atoms with Crippen LogP contribution in [0.3, 0.4) is 0 Å². The standard InChI is InChI=1S/C18H14BrN5O4S/c1-27-14-6-4-10(24(25)26)8-12(14)16-20-13-5-3-9(19)7-11(13)15-17(28-16)21-18(29-2)23-22-15/h3-8,16,20H,1-2H3/t16-/m0/s1. The molecule has 0 saturated heterocycles. The average molecular weight is 476 g/mol. The van der Waals surface area contributed by atoms with Gasteiger partial charge in [0.15, 0.2) is 5.69 Å². The van der Waals surface area contributed by atoms with Crippen LogP contribution in [0.4, 0.5) is 11.4 Å². The summed E-state index contributed by atoms with van der Waals surface area (Å²) in [4.78, 5) is 15.3. The minimum atomic E-state index is -0.794. The molecule has 0 bridgehead atoms. The number of fused-ring (bicyclic) bond motifs is 3. The predicted octanol–water partition coefficient (Wildman–Crippen LogP) is 4.44. The molecule has 3 aromatic rings. The summed E-state index contributed by atoms with van der Waals surface area (Å²) in [6.07, 6.45) is 1.04. The topological polar surface area (TPSA) is 112 Å². The van der Waals surface area contributed by atoms with Gasteiger partial charge in [0.25, 0.3) is 5.69 Å². The fraction of sp³-hybridized carbons (Fsp3) is 0.167. The maximum Gasteiger partial charge on any atom is 0.270 e. The van der Waals surface area contributed by atoms with Crippen molar-refractivity contribution in [3.63, 3.8) is 0 Å². The van der Waals surface area contributed by atoms with E-state index in [-0.39, 0.29) is 11.6 Å². The molecular weight excluding hydrogens is 462 g/mol. The van der Waals surface area contributed by atoms with E-state index in [1.165, 1.54) is 31.0 Å². The molecule has 29 heavy (non-hydrogen) atoms. The number of nitro groups is 1. The molecule has 0 radical (unpaired) electrons. The predicted molar refractivity (Wildman–Crippen MR) is 111 cm³/mol. The summed E-state index contributed by atoms with van der Waals surface area (Å²) in [6.45, 7) is 0. The van der Waals surface area contributed by atoms with Gasteiger partial charge in [-0.15, -0.1) is 10.2 Å². The van der Waals surface area contributed by atoms with Crippen molar-refractivity contribution < 1.29 is 14.4 Å². The molecule has 1 aliphatic rings. The molecule has 0 unspecified atom stereocenters. The molecule has 1 aliphatic heterocycles. The van der Waals surface area contributed by atoms with Crippen LogP contribution in [0.5, 0.6) is 11.6 Å². The van der Waals surface area contributed by atoms with Crippen LogP contribution < -0.4 is 14.8 Å². The number of nitro benzene ring substituents is 1. The lowest BCUT2D eigenvalue weighted by molar-refractivity contribution is -0.385. The number of anilines is 1. The Morgan fingerprint density at radius 3 is 2.83 bits per heavy atom. The normalized spacial score (nSPS) is 14.7. The van der Waals surface area contributed by atoms with Gasteiger partial charge in [0.05, 0.1) is 17.6 Å². The van der Waals surface area contributed by atoms with Crippen LogP contribution in [-0.2, 0) is 0 Å².